The van der Waals surface area contributed by atoms with Gasteiger partial charge in [0.05, 0.1) is 12.1 Å². The second-order valence-corrected chi connectivity index (χ2v) is 7.30. The number of primary amides is 1. The number of aromatic nitrogens is 2. The highest BCUT2D eigenvalue weighted by Gasteiger charge is 2.44. The minimum atomic E-state index is -2.66. The van der Waals surface area contributed by atoms with Crippen LogP contribution in [0.4, 0.5) is 8.78 Å². The van der Waals surface area contributed by atoms with Gasteiger partial charge in [0.1, 0.15) is 0 Å². The van der Waals surface area contributed by atoms with Crippen molar-refractivity contribution in [2.45, 2.75) is 44.4 Å². The van der Waals surface area contributed by atoms with Crippen LogP contribution in [0.5, 0.6) is 0 Å². The maximum atomic E-state index is 13.3. The van der Waals surface area contributed by atoms with Gasteiger partial charge in [-0.15, -0.1) is 0 Å². The quantitative estimate of drug-likeness (QED) is 0.895. The third-order valence-corrected chi connectivity index (χ3v) is 5.74. The fourth-order valence-corrected chi connectivity index (χ4v) is 4.01. The summed E-state index contributed by atoms with van der Waals surface area (Å²) in [6, 6.07) is 0. The summed E-state index contributed by atoms with van der Waals surface area (Å²) < 4.78 is 28.4. The second-order valence-electron chi connectivity index (χ2n) is 7.30. The molecular formula is C17H24F2N4O2. The Morgan fingerprint density at radius 3 is 2.44 bits per heavy atom. The number of carbonyl (C=O) groups is 2. The van der Waals surface area contributed by atoms with Crippen molar-refractivity contribution < 1.29 is 18.4 Å². The first-order valence-corrected chi connectivity index (χ1v) is 8.64. The van der Waals surface area contributed by atoms with Crippen molar-refractivity contribution in [2.75, 3.05) is 13.1 Å². The molecule has 1 aromatic rings. The molecule has 0 radical (unpaired) electrons. The molecule has 1 aromatic heterocycles. The Morgan fingerprint density at radius 1 is 1.28 bits per heavy atom. The number of nitrogens with two attached hydrogens (primary N) is 1. The van der Waals surface area contributed by atoms with E-state index in [1.165, 1.54) is 0 Å². The zero-order chi connectivity index (χ0) is 18.4. The van der Waals surface area contributed by atoms with Gasteiger partial charge in [0, 0.05) is 50.5 Å². The zero-order valence-electron chi connectivity index (χ0n) is 14.5. The van der Waals surface area contributed by atoms with Gasteiger partial charge in [-0.05, 0) is 25.3 Å². The molecule has 25 heavy (non-hydrogen) atoms. The lowest BCUT2D eigenvalue weighted by Gasteiger charge is -2.30. The van der Waals surface area contributed by atoms with Crippen LogP contribution in [0.25, 0.3) is 0 Å². The Bertz CT molecular complexity index is 678. The predicted molar refractivity (Wildman–Crippen MR) is 86.9 cm³/mol. The molecule has 2 aliphatic rings. The second kappa shape index (κ2) is 6.38. The smallest absolute Gasteiger partial charge is 0.248 e. The number of carbonyl (C=O) groups excluding carboxylic acids is 2. The number of hydrogen-bond acceptors (Lipinski definition) is 3. The molecule has 138 valence electrons. The van der Waals surface area contributed by atoms with E-state index in [-0.39, 0.29) is 50.0 Å². The summed E-state index contributed by atoms with van der Waals surface area (Å²) in [5.74, 6) is -4.30. The van der Waals surface area contributed by atoms with Gasteiger partial charge in [-0.1, -0.05) is 0 Å². The van der Waals surface area contributed by atoms with Crippen molar-refractivity contribution >= 4 is 11.8 Å². The Morgan fingerprint density at radius 2 is 1.92 bits per heavy atom. The van der Waals surface area contributed by atoms with Gasteiger partial charge in [0.25, 0.3) is 0 Å². The summed E-state index contributed by atoms with van der Waals surface area (Å²) in [4.78, 5) is 26.3. The SMILES string of the molecule is Cc1c([C@H]2CN(C(=O)C3CCC(F)(F)CC3)C[C@@H]2C(N)=O)cnn1C. The van der Waals surface area contributed by atoms with Gasteiger partial charge in [0.2, 0.25) is 17.7 Å². The summed E-state index contributed by atoms with van der Waals surface area (Å²) in [7, 11) is 1.82. The van der Waals surface area contributed by atoms with Gasteiger partial charge in [-0.3, -0.25) is 14.3 Å². The van der Waals surface area contributed by atoms with Gasteiger partial charge >= 0.3 is 0 Å². The molecule has 2 atom stereocenters. The average molecular weight is 354 g/mol. The summed E-state index contributed by atoms with van der Waals surface area (Å²) in [5.41, 5.74) is 7.40. The maximum absolute atomic E-state index is 13.3. The topological polar surface area (TPSA) is 81.2 Å². The normalized spacial score (nSPS) is 26.8. The van der Waals surface area contributed by atoms with E-state index in [9.17, 15) is 18.4 Å². The molecule has 6 nitrogen and oxygen atoms in total. The summed E-state index contributed by atoms with van der Waals surface area (Å²) in [6.07, 6.45) is 1.61. The van der Waals surface area contributed by atoms with E-state index in [1.807, 2.05) is 14.0 Å². The van der Waals surface area contributed by atoms with Crippen LogP contribution in [0, 0.1) is 18.8 Å². The molecule has 2 amide bonds. The fourth-order valence-electron chi connectivity index (χ4n) is 4.01. The monoisotopic (exact) mass is 354 g/mol. The van der Waals surface area contributed by atoms with Gasteiger partial charge in [-0.25, -0.2) is 8.78 Å². The molecule has 2 fully saturated rings. The summed E-state index contributed by atoms with van der Waals surface area (Å²) >= 11 is 0. The van der Waals surface area contributed by atoms with Gasteiger partial charge in [-0.2, -0.15) is 5.10 Å². The Kier molecular flexibility index (Phi) is 4.55. The van der Waals surface area contributed by atoms with Crippen molar-refractivity contribution in [1.29, 1.82) is 0 Å². The van der Waals surface area contributed by atoms with E-state index in [0.29, 0.717) is 6.54 Å². The lowest BCUT2D eigenvalue weighted by Crippen LogP contribution is -2.39. The number of amides is 2. The molecule has 1 saturated heterocycles. The minimum absolute atomic E-state index is 0.134. The first kappa shape index (κ1) is 17.8. The van der Waals surface area contributed by atoms with Crippen LogP contribution < -0.4 is 5.73 Å². The summed E-state index contributed by atoms with van der Waals surface area (Å²) in [5, 5.41) is 4.21. The largest absolute Gasteiger partial charge is 0.369 e. The molecule has 2 N–H and O–H groups in total. The summed E-state index contributed by atoms with van der Waals surface area (Å²) in [6.45, 7) is 2.54. The molecule has 1 saturated carbocycles. The van der Waals surface area contributed by atoms with Crippen LogP contribution >= 0.6 is 0 Å². The van der Waals surface area contributed by atoms with E-state index in [1.54, 1.807) is 15.8 Å². The lowest BCUT2D eigenvalue weighted by atomic mass is 9.86. The number of aryl methyl sites for hydroxylation is 1. The van der Waals surface area contributed by atoms with E-state index in [2.05, 4.69) is 5.10 Å². The standard InChI is InChI=1S/C17H24F2N4O2/c1-10-12(7-21-22(10)2)13-8-23(9-14(13)15(20)24)16(25)11-3-5-17(18,19)6-4-11/h7,11,13-14H,3-6,8-9H2,1-2H3,(H2,20,24)/t13-,14+/m1/s1. The van der Waals surface area contributed by atoms with Crippen molar-refractivity contribution in [3.8, 4) is 0 Å². The molecule has 2 heterocycles. The lowest BCUT2D eigenvalue weighted by molar-refractivity contribution is -0.138. The first-order valence-electron chi connectivity index (χ1n) is 8.64. The van der Waals surface area contributed by atoms with Gasteiger partial charge in [0.15, 0.2) is 0 Å². The average Bonchev–Trinajstić information content (AvgIpc) is 3.12. The number of likely N-dealkylation sites (tertiary alicyclic amines) is 1. The van der Waals surface area contributed by atoms with Crippen LogP contribution in [-0.4, -0.2) is 45.5 Å². The van der Waals surface area contributed by atoms with E-state index in [4.69, 9.17) is 5.73 Å². The number of rotatable bonds is 3. The molecule has 8 heteroatoms. The van der Waals surface area contributed by atoms with E-state index < -0.39 is 17.7 Å². The molecule has 0 spiro atoms. The number of hydrogen-bond donors (Lipinski definition) is 1. The number of alkyl halides is 2. The molecule has 3 rings (SSSR count). The molecule has 1 aliphatic carbocycles. The highest BCUT2D eigenvalue weighted by atomic mass is 19.3. The van der Waals surface area contributed by atoms with Crippen molar-refractivity contribution in [3.05, 3.63) is 17.5 Å². The van der Waals surface area contributed by atoms with Crippen LogP contribution in [0.2, 0.25) is 0 Å². The molecular weight excluding hydrogens is 330 g/mol. The minimum Gasteiger partial charge on any atom is -0.369 e. The van der Waals surface area contributed by atoms with Crippen LogP contribution in [0.3, 0.4) is 0 Å². The third-order valence-electron chi connectivity index (χ3n) is 5.74. The molecule has 0 unspecified atom stereocenters. The third kappa shape index (κ3) is 3.39. The first-order chi connectivity index (χ1) is 11.7. The van der Waals surface area contributed by atoms with Crippen LogP contribution in [0.15, 0.2) is 6.20 Å². The Balaban J connectivity index is 1.75. The van der Waals surface area contributed by atoms with Crippen molar-refractivity contribution in [1.82, 2.24) is 14.7 Å². The highest BCUT2D eigenvalue weighted by Crippen LogP contribution is 2.39. The van der Waals surface area contributed by atoms with E-state index in [0.717, 1.165) is 11.3 Å². The predicted octanol–water partition coefficient (Wildman–Crippen LogP) is 1.58. The highest BCUT2D eigenvalue weighted by molar-refractivity contribution is 5.83. The molecule has 0 aromatic carbocycles. The Labute approximate surface area is 145 Å². The molecule has 1 aliphatic heterocycles. The maximum Gasteiger partial charge on any atom is 0.248 e. The number of halogens is 2. The Hall–Kier alpha value is -1.99. The van der Waals surface area contributed by atoms with Crippen molar-refractivity contribution in [2.24, 2.45) is 24.6 Å². The van der Waals surface area contributed by atoms with Crippen LogP contribution in [0.1, 0.15) is 42.9 Å². The van der Waals surface area contributed by atoms with Gasteiger partial charge < -0.3 is 10.6 Å². The number of nitrogens with zero attached hydrogens (tertiary/aromatic N) is 3. The van der Waals surface area contributed by atoms with E-state index >= 15 is 0 Å². The zero-order valence-corrected chi connectivity index (χ0v) is 14.5. The van der Waals surface area contributed by atoms with Crippen molar-refractivity contribution in [3.63, 3.8) is 0 Å². The van der Waals surface area contributed by atoms with Crippen LogP contribution in [-0.2, 0) is 16.6 Å². The molecule has 0 bridgehead atoms. The fraction of sp³-hybridized carbons (Fsp3) is 0.706.